The summed E-state index contributed by atoms with van der Waals surface area (Å²) in [6.45, 7) is 0.632. The van der Waals surface area contributed by atoms with Crippen LogP contribution in [0.3, 0.4) is 0 Å². The largest absolute Gasteiger partial charge is 0.618 e. The molecule has 0 unspecified atom stereocenters. The first-order chi connectivity index (χ1) is 8.27. The minimum atomic E-state index is -0.574. The van der Waals surface area contributed by atoms with Crippen molar-refractivity contribution in [2.24, 2.45) is 0 Å². The molecule has 1 N–H and O–H groups in total. The van der Waals surface area contributed by atoms with Crippen LogP contribution in [0, 0.1) is 5.21 Å². The lowest BCUT2D eigenvalue weighted by atomic mass is 10.2. The van der Waals surface area contributed by atoms with E-state index < -0.39 is 12.2 Å². The van der Waals surface area contributed by atoms with Gasteiger partial charge in [0.1, 0.15) is 0 Å². The van der Waals surface area contributed by atoms with Crippen molar-refractivity contribution in [3.05, 3.63) is 35.3 Å². The molecule has 0 saturated carbocycles. The first kappa shape index (κ1) is 11.8. The van der Waals surface area contributed by atoms with Gasteiger partial charge in [-0.2, -0.15) is 4.73 Å². The van der Waals surface area contributed by atoms with Gasteiger partial charge in [-0.15, -0.1) is 0 Å². The molecule has 6 heteroatoms. The molecule has 17 heavy (non-hydrogen) atoms. The summed E-state index contributed by atoms with van der Waals surface area (Å²) in [5.41, 5.74) is 2.21. The van der Waals surface area contributed by atoms with Crippen LogP contribution in [-0.4, -0.2) is 18.8 Å². The molecule has 1 aliphatic heterocycles. The molecule has 6 nitrogen and oxygen atoms in total. The van der Waals surface area contributed by atoms with E-state index in [1.165, 1.54) is 12.3 Å². The zero-order chi connectivity index (χ0) is 12.1. The number of rotatable bonds is 3. The first-order valence-corrected chi connectivity index (χ1v) is 5.53. The SMILES string of the molecule is O=C(NO[C@H]1CCCCO1)c1cccc[n+]1[O-]. The number of hydroxylamine groups is 1. The quantitative estimate of drug-likeness (QED) is 0.473. The summed E-state index contributed by atoms with van der Waals surface area (Å²) in [5, 5.41) is 11.3. The predicted molar refractivity (Wildman–Crippen MR) is 57.5 cm³/mol. The zero-order valence-corrected chi connectivity index (χ0v) is 9.30. The van der Waals surface area contributed by atoms with Gasteiger partial charge in [0.2, 0.25) is 0 Å². The molecule has 0 aliphatic carbocycles. The second kappa shape index (κ2) is 5.60. The Balaban J connectivity index is 1.87. The molecule has 1 aromatic rings. The fraction of sp³-hybridized carbons (Fsp3) is 0.455. The van der Waals surface area contributed by atoms with Gasteiger partial charge in [0.15, 0.2) is 12.5 Å². The Morgan fingerprint density at radius 2 is 2.41 bits per heavy atom. The molecule has 0 bridgehead atoms. The monoisotopic (exact) mass is 238 g/mol. The van der Waals surface area contributed by atoms with Crippen LogP contribution in [0.15, 0.2) is 24.4 Å². The van der Waals surface area contributed by atoms with Gasteiger partial charge < -0.3 is 9.94 Å². The predicted octanol–water partition coefficient (Wildman–Crippen LogP) is 0.508. The Morgan fingerprint density at radius 3 is 3.12 bits per heavy atom. The Kier molecular flexibility index (Phi) is 3.89. The van der Waals surface area contributed by atoms with Crippen LogP contribution in [0.4, 0.5) is 0 Å². The second-order valence-electron chi connectivity index (χ2n) is 3.76. The number of pyridine rings is 1. The van der Waals surface area contributed by atoms with Gasteiger partial charge in [0, 0.05) is 25.2 Å². The molecular weight excluding hydrogens is 224 g/mol. The third-order valence-corrected chi connectivity index (χ3v) is 2.48. The van der Waals surface area contributed by atoms with Crippen molar-refractivity contribution in [3.63, 3.8) is 0 Å². The third kappa shape index (κ3) is 3.15. The molecule has 2 heterocycles. The van der Waals surface area contributed by atoms with E-state index >= 15 is 0 Å². The van der Waals surface area contributed by atoms with Crippen molar-refractivity contribution in [3.8, 4) is 0 Å². The van der Waals surface area contributed by atoms with Crippen LogP contribution in [0.2, 0.25) is 0 Å². The van der Waals surface area contributed by atoms with E-state index in [0.717, 1.165) is 19.3 Å². The van der Waals surface area contributed by atoms with Gasteiger partial charge in [0.05, 0.1) is 0 Å². The Bertz CT molecular complexity index is 391. The summed E-state index contributed by atoms with van der Waals surface area (Å²) in [4.78, 5) is 16.7. The van der Waals surface area contributed by atoms with Crippen LogP contribution in [0.25, 0.3) is 0 Å². The smallest absolute Gasteiger partial charge is 0.340 e. The van der Waals surface area contributed by atoms with Crippen molar-refractivity contribution in [1.29, 1.82) is 0 Å². The van der Waals surface area contributed by atoms with E-state index in [4.69, 9.17) is 9.57 Å². The van der Waals surface area contributed by atoms with E-state index in [9.17, 15) is 10.0 Å². The minimum absolute atomic E-state index is 0.0108. The molecule has 2 rings (SSSR count). The lowest BCUT2D eigenvalue weighted by Crippen LogP contribution is -2.41. The molecule has 1 aromatic heterocycles. The van der Waals surface area contributed by atoms with Crippen LogP contribution < -0.4 is 10.2 Å². The average Bonchev–Trinajstić information content (AvgIpc) is 2.38. The Morgan fingerprint density at radius 1 is 1.53 bits per heavy atom. The van der Waals surface area contributed by atoms with Crippen molar-refractivity contribution in [2.45, 2.75) is 25.6 Å². The summed E-state index contributed by atoms with van der Waals surface area (Å²) < 4.78 is 5.76. The average molecular weight is 238 g/mol. The maximum atomic E-state index is 11.6. The fourth-order valence-electron chi connectivity index (χ4n) is 1.58. The van der Waals surface area contributed by atoms with Gasteiger partial charge >= 0.3 is 5.91 Å². The molecule has 1 amide bonds. The third-order valence-electron chi connectivity index (χ3n) is 2.48. The number of nitrogens with one attached hydrogen (secondary N) is 1. The summed E-state index contributed by atoms with van der Waals surface area (Å²) in [6, 6.07) is 4.59. The number of aromatic nitrogens is 1. The Labute approximate surface area is 98.7 Å². The Hall–Kier alpha value is -1.66. The van der Waals surface area contributed by atoms with Crippen LogP contribution in [0.1, 0.15) is 29.8 Å². The summed E-state index contributed by atoms with van der Waals surface area (Å²) in [7, 11) is 0. The number of nitrogens with zero attached hydrogens (tertiary/aromatic N) is 1. The van der Waals surface area contributed by atoms with Crippen molar-refractivity contribution < 1.29 is 19.1 Å². The van der Waals surface area contributed by atoms with Gasteiger partial charge in [-0.1, -0.05) is 0 Å². The van der Waals surface area contributed by atoms with Gasteiger partial charge in [0.25, 0.3) is 5.69 Å². The number of amides is 1. The normalized spacial score (nSPS) is 19.9. The molecule has 0 aromatic carbocycles. The molecule has 92 valence electrons. The zero-order valence-electron chi connectivity index (χ0n) is 9.30. The lowest BCUT2D eigenvalue weighted by molar-refractivity contribution is -0.608. The highest BCUT2D eigenvalue weighted by Gasteiger charge is 2.19. The van der Waals surface area contributed by atoms with Crippen LogP contribution >= 0.6 is 0 Å². The molecule has 0 spiro atoms. The number of carbonyl (C=O) groups is 1. The number of hydrogen-bond donors (Lipinski definition) is 1. The topological polar surface area (TPSA) is 74.5 Å². The standard InChI is InChI=1S/C11H14N2O4/c14-11(9-5-1-3-7-13(9)15)12-17-10-6-2-4-8-16-10/h1,3,5,7,10H,2,4,6,8H2,(H,12,14)/t10-/m0/s1. The fourth-order valence-corrected chi connectivity index (χ4v) is 1.58. The van der Waals surface area contributed by atoms with Gasteiger partial charge in [-0.25, -0.2) is 10.3 Å². The van der Waals surface area contributed by atoms with E-state index in [1.54, 1.807) is 12.1 Å². The van der Waals surface area contributed by atoms with E-state index in [2.05, 4.69) is 5.48 Å². The highest BCUT2D eigenvalue weighted by Crippen LogP contribution is 2.12. The van der Waals surface area contributed by atoms with Crippen LogP contribution in [-0.2, 0) is 9.57 Å². The first-order valence-electron chi connectivity index (χ1n) is 5.53. The number of hydrogen-bond acceptors (Lipinski definition) is 4. The molecule has 1 fully saturated rings. The number of carbonyl (C=O) groups excluding carboxylic acids is 1. The summed E-state index contributed by atoms with van der Waals surface area (Å²) in [6.07, 6.45) is 3.59. The minimum Gasteiger partial charge on any atom is -0.618 e. The van der Waals surface area contributed by atoms with Crippen molar-refractivity contribution in [1.82, 2.24) is 5.48 Å². The second-order valence-corrected chi connectivity index (χ2v) is 3.76. The van der Waals surface area contributed by atoms with E-state index in [1.807, 2.05) is 0 Å². The summed E-state index contributed by atoms with van der Waals surface area (Å²) in [5.74, 6) is -0.574. The van der Waals surface area contributed by atoms with Gasteiger partial charge in [-0.05, 0) is 18.9 Å². The highest BCUT2D eigenvalue weighted by molar-refractivity contribution is 5.89. The molecule has 1 aliphatic rings. The van der Waals surface area contributed by atoms with Crippen molar-refractivity contribution in [2.75, 3.05) is 6.61 Å². The highest BCUT2D eigenvalue weighted by atomic mass is 16.8. The summed E-state index contributed by atoms with van der Waals surface area (Å²) >= 11 is 0. The molecule has 1 atom stereocenters. The lowest BCUT2D eigenvalue weighted by Gasteiger charge is -2.21. The molecular formula is C11H14N2O4. The van der Waals surface area contributed by atoms with Crippen molar-refractivity contribution >= 4 is 5.91 Å². The van der Waals surface area contributed by atoms with E-state index in [-0.39, 0.29) is 5.69 Å². The van der Waals surface area contributed by atoms with Gasteiger partial charge in [-0.3, -0.25) is 4.79 Å². The maximum absolute atomic E-state index is 11.6. The molecule has 0 radical (unpaired) electrons. The van der Waals surface area contributed by atoms with E-state index in [0.29, 0.717) is 11.3 Å². The molecule has 1 saturated heterocycles. The van der Waals surface area contributed by atoms with Crippen LogP contribution in [0.5, 0.6) is 0 Å². The number of ether oxygens (including phenoxy) is 1. The maximum Gasteiger partial charge on any atom is 0.340 e.